The van der Waals surface area contributed by atoms with Crippen LogP contribution in [0.2, 0.25) is 0 Å². The molecule has 1 N–H and O–H groups in total. The highest BCUT2D eigenvalue weighted by Gasteiger charge is 2.25. The van der Waals surface area contributed by atoms with Gasteiger partial charge < -0.3 is 9.84 Å². The summed E-state index contributed by atoms with van der Waals surface area (Å²) in [7, 11) is 0. The molecule has 0 saturated carbocycles. The maximum absolute atomic E-state index is 13.3. The number of carboxylic acids is 1. The normalized spacial score (nSPS) is 10.2. The van der Waals surface area contributed by atoms with Gasteiger partial charge in [-0.1, -0.05) is 12.1 Å². The van der Waals surface area contributed by atoms with Gasteiger partial charge >= 0.3 is 11.7 Å². The number of hydrogen-bond donors (Lipinski definition) is 1. The van der Waals surface area contributed by atoms with Crippen LogP contribution in [-0.2, 0) is 6.73 Å². The molecule has 1 heterocycles. The number of carbonyl (C=O) groups is 1. The highest BCUT2D eigenvalue weighted by molar-refractivity contribution is 5.89. The third-order valence-electron chi connectivity index (χ3n) is 2.33. The number of para-hydroxylation sites is 1. The predicted octanol–water partition coefficient (Wildman–Crippen LogP) is 1.67. The Morgan fingerprint density at radius 3 is 2.75 bits per heavy atom. The first-order valence-corrected chi connectivity index (χ1v) is 5.31. The van der Waals surface area contributed by atoms with Crippen molar-refractivity contribution >= 4 is 11.7 Å². The number of aromatic carboxylic acids is 1. The van der Waals surface area contributed by atoms with Crippen LogP contribution in [0.1, 0.15) is 10.5 Å². The number of benzene rings is 1. The number of aromatic nitrogens is 2. The van der Waals surface area contributed by atoms with Gasteiger partial charge in [0.25, 0.3) is 0 Å². The van der Waals surface area contributed by atoms with Crippen LogP contribution >= 0.6 is 0 Å². The number of rotatable bonds is 5. The number of hydrogen-bond acceptors (Lipinski definition) is 5. The molecule has 0 fully saturated rings. The standard InChI is InChI=1S/C11H8FN3O5/c12-7-3-1-2-4-9(7)20-6-14-5-8(15(18)19)10(13-14)11(16)17/h1-5H,6H2,(H,16,17). The Labute approximate surface area is 111 Å². The zero-order valence-corrected chi connectivity index (χ0v) is 9.89. The molecule has 9 heteroatoms. The van der Waals surface area contributed by atoms with E-state index in [4.69, 9.17) is 9.84 Å². The molecular weight excluding hydrogens is 273 g/mol. The van der Waals surface area contributed by atoms with Crippen LogP contribution in [0.15, 0.2) is 30.5 Å². The van der Waals surface area contributed by atoms with E-state index in [0.717, 1.165) is 10.9 Å². The lowest BCUT2D eigenvalue weighted by molar-refractivity contribution is -0.385. The van der Waals surface area contributed by atoms with E-state index in [2.05, 4.69) is 5.10 Å². The summed E-state index contributed by atoms with van der Waals surface area (Å²) in [6, 6.07) is 5.57. The fraction of sp³-hybridized carbons (Fsp3) is 0.0909. The van der Waals surface area contributed by atoms with Crippen molar-refractivity contribution in [3.05, 3.63) is 52.1 Å². The molecule has 0 atom stereocenters. The Morgan fingerprint density at radius 2 is 2.20 bits per heavy atom. The summed E-state index contributed by atoms with van der Waals surface area (Å²) in [5.74, 6) is -2.20. The van der Waals surface area contributed by atoms with Crippen LogP contribution in [0.4, 0.5) is 10.1 Å². The summed E-state index contributed by atoms with van der Waals surface area (Å²) < 4.78 is 19.2. The summed E-state index contributed by atoms with van der Waals surface area (Å²) in [6.45, 7) is -0.352. The van der Waals surface area contributed by atoms with E-state index < -0.39 is 28.1 Å². The average Bonchev–Trinajstić information content (AvgIpc) is 2.82. The molecule has 2 rings (SSSR count). The van der Waals surface area contributed by atoms with E-state index in [1.807, 2.05) is 0 Å². The fourth-order valence-electron chi connectivity index (χ4n) is 1.46. The second-order valence-electron chi connectivity index (χ2n) is 3.67. The summed E-state index contributed by atoms with van der Waals surface area (Å²) in [5, 5.41) is 22.9. The van der Waals surface area contributed by atoms with Gasteiger partial charge in [-0.3, -0.25) is 10.1 Å². The lowest BCUT2D eigenvalue weighted by Crippen LogP contribution is -2.08. The van der Waals surface area contributed by atoms with Gasteiger partial charge in [-0.2, -0.15) is 5.10 Å². The molecule has 2 aromatic rings. The van der Waals surface area contributed by atoms with Crippen molar-refractivity contribution < 1.29 is 24.0 Å². The highest BCUT2D eigenvalue weighted by atomic mass is 19.1. The minimum atomic E-state index is -1.53. The molecule has 1 aromatic carbocycles. The maximum Gasteiger partial charge on any atom is 0.363 e. The number of carboxylic acid groups (broad SMARTS) is 1. The lowest BCUT2D eigenvalue weighted by atomic mass is 10.3. The van der Waals surface area contributed by atoms with Crippen molar-refractivity contribution in [2.45, 2.75) is 6.73 Å². The van der Waals surface area contributed by atoms with E-state index in [0.29, 0.717) is 0 Å². The van der Waals surface area contributed by atoms with E-state index in [-0.39, 0.29) is 12.5 Å². The third kappa shape index (κ3) is 2.71. The third-order valence-corrected chi connectivity index (χ3v) is 2.33. The molecule has 0 bridgehead atoms. The number of nitrogens with zero attached hydrogens (tertiary/aromatic N) is 3. The van der Waals surface area contributed by atoms with Gasteiger partial charge in [0.2, 0.25) is 5.69 Å². The van der Waals surface area contributed by atoms with Gasteiger partial charge in [-0.15, -0.1) is 0 Å². The predicted molar refractivity (Wildman–Crippen MR) is 62.9 cm³/mol. The summed E-state index contributed by atoms with van der Waals surface area (Å²) in [4.78, 5) is 20.6. The van der Waals surface area contributed by atoms with Gasteiger partial charge in [0.15, 0.2) is 18.3 Å². The molecule has 0 aliphatic carbocycles. The highest BCUT2D eigenvalue weighted by Crippen LogP contribution is 2.19. The minimum Gasteiger partial charge on any atom is -0.476 e. The number of ether oxygens (including phenoxy) is 1. The van der Waals surface area contributed by atoms with Gasteiger partial charge in [-0.05, 0) is 12.1 Å². The summed E-state index contributed by atoms with van der Waals surface area (Å²) >= 11 is 0. The van der Waals surface area contributed by atoms with Crippen LogP contribution in [0.25, 0.3) is 0 Å². The zero-order valence-electron chi connectivity index (χ0n) is 9.89. The maximum atomic E-state index is 13.3. The van der Waals surface area contributed by atoms with Crippen molar-refractivity contribution in [3.8, 4) is 5.75 Å². The van der Waals surface area contributed by atoms with E-state index in [1.54, 1.807) is 6.07 Å². The molecule has 0 aliphatic rings. The first-order chi connectivity index (χ1) is 9.49. The van der Waals surface area contributed by atoms with Crippen molar-refractivity contribution in [2.24, 2.45) is 0 Å². The second kappa shape index (κ2) is 5.34. The molecule has 0 radical (unpaired) electrons. The van der Waals surface area contributed by atoms with Gasteiger partial charge in [0.05, 0.1) is 4.92 Å². The average molecular weight is 281 g/mol. The number of nitro groups is 1. The summed E-state index contributed by atoms with van der Waals surface area (Å²) in [6.07, 6.45) is 0.907. The van der Waals surface area contributed by atoms with Gasteiger partial charge in [-0.25, -0.2) is 13.9 Å². The fourth-order valence-corrected chi connectivity index (χ4v) is 1.46. The Bertz CT molecular complexity index is 638. The Hall–Kier alpha value is -2.97. The smallest absolute Gasteiger partial charge is 0.363 e. The van der Waals surface area contributed by atoms with Crippen LogP contribution < -0.4 is 4.74 Å². The van der Waals surface area contributed by atoms with Crippen molar-refractivity contribution in [2.75, 3.05) is 0 Å². The van der Waals surface area contributed by atoms with Crippen molar-refractivity contribution in [1.82, 2.24) is 9.78 Å². The first-order valence-electron chi connectivity index (χ1n) is 5.31. The SMILES string of the molecule is O=C(O)c1nn(COc2ccccc2F)cc1[N+](=O)[O-]. The molecule has 104 valence electrons. The van der Waals surface area contributed by atoms with Crippen LogP contribution in [-0.4, -0.2) is 25.8 Å². The lowest BCUT2D eigenvalue weighted by Gasteiger charge is -2.06. The van der Waals surface area contributed by atoms with Crippen LogP contribution in [0.5, 0.6) is 5.75 Å². The van der Waals surface area contributed by atoms with Crippen LogP contribution in [0, 0.1) is 15.9 Å². The zero-order chi connectivity index (χ0) is 14.7. The molecule has 0 amide bonds. The second-order valence-corrected chi connectivity index (χ2v) is 3.67. The molecule has 0 unspecified atom stereocenters. The largest absolute Gasteiger partial charge is 0.476 e. The molecular formula is C11H8FN3O5. The Balaban J connectivity index is 2.19. The Morgan fingerprint density at radius 1 is 1.50 bits per heavy atom. The molecule has 1 aromatic heterocycles. The molecule has 0 spiro atoms. The van der Waals surface area contributed by atoms with Crippen molar-refractivity contribution in [1.29, 1.82) is 0 Å². The monoisotopic (exact) mass is 281 g/mol. The first kappa shape index (κ1) is 13.5. The molecule has 0 aliphatic heterocycles. The molecule has 0 saturated heterocycles. The van der Waals surface area contributed by atoms with Crippen LogP contribution in [0.3, 0.4) is 0 Å². The summed E-state index contributed by atoms with van der Waals surface area (Å²) in [5.41, 5.74) is -1.36. The van der Waals surface area contributed by atoms with Gasteiger partial charge in [0.1, 0.15) is 6.20 Å². The number of halogens is 1. The quantitative estimate of drug-likeness (QED) is 0.659. The topological polar surface area (TPSA) is 107 Å². The van der Waals surface area contributed by atoms with Gasteiger partial charge in [0, 0.05) is 0 Å². The minimum absolute atomic E-state index is 0.0671. The van der Waals surface area contributed by atoms with E-state index in [9.17, 15) is 19.3 Å². The molecule has 20 heavy (non-hydrogen) atoms. The van der Waals surface area contributed by atoms with E-state index in [1.165, 1.54) is 18.2 Å². The molecule has 8 nitrogen and oxygen atoms in total. The van der Waals surface area contributed by atoms with Crippen molar-refractivity contribution in [3.63, 3.8) is 0 Å². The Kier molecular flexibility index (Phi) is 3.60. The van der Waals surface area contributed by atoms with E-state index >= 15 is 0 Å².